The SMILES string of the molecule is CC1CN(C2Cc3ccc(NC(=O)[C@@H](NC(=O)c4ccnn4C)C4CCCCC4)cc3C2)C(=O)N1. The summed E-state index contributed by atoms with van der Waals surface area (Å²) in [5.74, 6) is -0.365. The zero-order valence-corrected chi connectivity index (χ0v) is 20.4. The normalized spacial score (nSPS) is 23.0. The number of fused-ring (bicyclic) bond motifs is 1. The van der Waals surface area contributed by atoms with Crippen LogP contribution in [0.5, 0.6) is 0 Å². The molecule has 186 valence electrons. The number of nitrogens with one attached hydrogen (secondary N) is 3. The van der Waals surface area contributed by atoms with Crippen LogP contribution in [0, 0.1) is 5.92 Å². The lowest BCUT2D eigenvalue weighted by molar-refractivity contribution is -0.119. The number of aromatic nitrogens is 2. The van der Waals surface area contributed by atoms with Crippen LogP contribution in [0.1, 0.15) is 60.6 Å². The van der Waals surface area contributed by atoms with Gasteiger partial charge >= 0.3 is 6.03 Å². The largest absolute Gasteiger partial charge is 0.339 e. The minimum atomic E-state index is -0.603. The molecule has 0 bridgehead atoms. The maximum absolute atomic E-state index is 13.4. The van der Waals surface area contributed by atoms with Crippen molar-refractivity contribution in [1.29, 1.82) is 0 Å². The van der Waals surface area contributed by atoms with Gasteiger partial charge in [-0.15, -0.1) is 0 Å². The average Bonchev–Trinajstić information content (AvgIpc) is 3.55. The van der Waals surface area contributed by atoms with E-state index >= 15 is 0 Å². The van der Waals surface area contributed by atoms with Gasteiger partial charge in [0.15, 0.2) is 0 Å². The quantitative estimate of drug-likeness (QED) is 0.593. The molecule has 0 radical (unpaired) electrons. The summed E-state index contributed by atoms with van der Waals surface area (Å²) in [5.41, 5.74) is 3.54. The van der Waals surface area contributed by atoms with Crippen molar-refractivity contribution in [2.24, 2.45) is 13.0 Å². The maximum Gasteiger partial charge on any atom is 0.318 e. The third-order valence-electron chi connectivity index (χ3n) is 7.67. The van der Waals surface area contributed by atoms with Crippen LogP contribution in [0.25, 0.3) is 0 Å². The Morgan fingerprint density at radius 1 is 1.11 bits per heavy atom. The Hall–Kier alpha value is -3.36. The first-order chi connectivity index (χ1) is 16.9. The molecular formula is C26H34N6O3. The van der Waals surface area contributed by atoms with E-state index in [-0.39, 0.29) is 35.8 Å². The van der Waals surface area contributed by atoms with Gasteiger partial charge in [-0.1, -0.05) is 25.3 Å². The van der Waals surface area contributed by atoms with E-state index in [9.17, 15) is 14.4 Å². The van der Waals surface area contributed by atoms with Crippen LogP contribution < -0.4 is 16.0 Å². The molecule has 5 rings (SSSR count). The van der Waals surface area contributed by atoms with E-state index in [4.69, 9.17) is 0 Å². The number of carbonyl (C=O) groups is 3. The summed E-state index contributed by atoms with van der Waals surface area (Å²) in [6.07, 6.45) is 8.34. The first kappa shape index (κ1) is 23.4. The highest BCUT2D eigenvalue weighted by molar-refractivity contribution is 6.00. The summed E-state index contributed by atoms with van der Waals surface area (Å²) in [5, 5.41) is 13.1. The molecule has 9 heteroatoms. The lowest BCUT2D eigenvalue weighted by atomic mass is 9.83. The van der Waals surface area contributed by atoms with Gasteiger partial charge in [0, 0.05) is 37.6 Å². The lowest BCUT2D eigenvalue weighted by Crippen LogP contribution is -2.49. The molecule has 4 amide bonds. The van der Waals surface area contributed by atoms with Gasteiger partial charge in [0.1, 0.15) is 11.7 Å². The van der Waals surface area contributed by atoms with Gasteiger partial charge < -0.3 is 20.9 Å². The molecule has 2 heterocycles. The molecule has 2 aliphatic carbocycles. The van der Waals surface area contributed by atoms with Gasteiger partial charge in [-0.25, -0.2) is 4.79 Å². The fraction of sp³-hybridized carbons (Fsp3) is 0.538. The van der Waals surface area contributed by atoms with E-state index in [1.807, 2.05) is 30.0 Å². The molecule has 3 N–H and O–H groups in total. The Kier molecular flexibility index (Phi) is 6.49. The van der Waals surface area contributed by atoms with Crippen molar-refractivity contribution < 1.29 is 14.4 Å². The van der Waals surface area contributed by atoms with Crippen molar-refractivity contribution in [3.8, 4) is 0 Å². The molecule has 2 fully saturated rings. The molecule has 35 heavy (non-hydrogen) atoms. The fourth-order valence-corrected chi connectivity index (χ4v) is 5.82. The number of benzene rings is 1. The maximum atomic E-state index is 13.4. The minimum Gasteiger partial charge on any atom is -0.339 e. The standard InChI is InChI=1S/C26H34N6O3/c1-16-15-32(26(35)28-16)21-13-18-8-9-20(12-19(18)14-21)29-25(34)23(17-6-4-3-5-7-17)30-24(33)22-10-11-27-31(22)2/h8-12,16-17,21,23H,3-7,13-15H2,1-2H3,(H,28,35)(H,29,34)(H,30,33)/t16?,21?,23-/m0/s1. The van der Waals surface area contributed by atoms with Crippen molar-refractivity contribution in [3.05, 3.63) is 47.3 Å². The fourth-order valence-electron chi connectivity index (χ4n) is 5.82. The number of carbonyl (C=O) groups excluding carboxylic acids is 3. The third kappa shape index (κ3) is 4.90. The third-order valence-corrected chi connectivity index (χ3v) is 7.67. The number of hydrogen-bond acceptors (Lipinski definition) is 4. The number of nitrogens with zero attached hydrogens (tertiary/aromatic N) is 3. The molecule has 1 saturated carbocycles. The highest BCUT2D eigenvalue weighted by atomic mass is 16.2. The number of urea groups is 1. The van der Waals surface area contributed by atoms with Crippen LogP contribution in [0.4, 0.5) is 10.5 Å². The topological polar surface area (TPSA) is 108 Å². The molecule has 1 aromatic carbocycles. The molecule has 2 unspecified atom stereocenters. The second-order valence-electron chi connectivity index (χ2n) is 10.2. The highest BCUT2D eigenvalue weighted by Gasteiger charge is 2.36. The van der Waals surface area contributed by atoms with Crippen LogP contribution in [-0.4, -0.2) is 57.2 Å². The number of amides is 4. The van der Waals surface area contributed by atoms with E-state index in [2.05, 4.69) is 21.0 Å². The smallest absolute Gasteiger partial charge is 0.318 e. The molecule has 1 aromatic heterocycles. The zero-order valence-electron chi connectivity index (χ0n) is 20.4. The van der Waals surface area contributed by atoms with Crippen molar-refractivity contribution in [2.75, 3.05) is 11.9 Å². The monoisotopic (exact) mass is 478 g/mol. The molecule has 1 aliphatic heterocycles. The number of hydrogen-bond donors (Lipinski definition) is 3. The second kappa shape index (κ2) is 9.71. The Bertz CT molecular complexity index is 1120. The van der Waals surface area contributed by atoms with E-state index in [0.717, 1.165) is 56.3 Å². The number of anilines is 1. The van der Waals surface area contributed by atoms with Gasteiger partial charge in [0.2, 0.25) is 5.91 Å². The molecular weight excluding hydrogens is 444 g/mol. The predicted octanol–water partition coefficient (Wildman–Crippen LogP) is 2.62. The van der Waals surface area contributed by atoms with Crippen LogP contribution in [0.15, 0.2) is 30.5 Å². The van der Waals surface area contributed by atoms with Gasteiger partial charge in [0.05, 0.1) is 0 Å². The van der Waals surface area contributed by atoms with Crippen LogP contribution >= 0.6 is 0 Å². The van der Waals surface area contributed by atoms with E-state index in [0.29, 0.717) is 5.69 Å². The lowest BCUT2D eigenvalue weighted by Gasteiger charge is -2.30. The van der Waals surface area contributed by atoms with Crippen molar-refractivity contribution in [3.63, 3.8) is 0 Å². The average molecular weight is 479 g/mol. The van der Waals surface area contributed by atoms with Crippen molar-refractivity contribution in [2.45, 2.75) is 70.0 Å². The summed E-state index contributed by atoms with van der Waals surface area (Å²) < 4.78 is 1.52. The molecule has 1 saturated heterocycles. The molecule has 9 nitrogen and oxygen atoms in total. The summed E-state index contributed by atoms with van der Waals surface area (Å²) in [6.45, 7) is 2.74. The summed E-state index contributed by atoms with van der Waals surface area (Å²) in [7, 11) is 1.72. The van der Waals surface area contributed by atoms with Crippen LogP contribution in [0.3, 0.4) is 0 Å². The van der Waals surface area contributed by atoms with E-state index in [1.54, 1.807) is 19.3 Å². The Balaban J connectivity index is 1.29. The molecule has 0 spiro atoms. The predicted molar refractivity (Wildman–Crippen MR) is 132 cm³/mol. The molecule has 3 atom stereocenters. The number of rotatable bonds is 6. The summed E-state index contributed by atoms with van der Waals surface area (Å²) in [6, 6.07) is 7.36. The summed E-state index contributed by atoms with van der Waals surface area (Å²) in [4.78, 5) is 40.6. The first-order valence-corrected chi connectivity index (χ1v) is 12.7. The van der Waals surface area contributed by atoms with Gasteiger partial charge in [-0.3, -0.25) is 14.3 Å². The highest BCUT2D eigenvalue weighted by Crippen LogP contribution is 2.31. The zero-order chi connectivity index (χ0) is 24.5. The van der Waals surface area contributed by atoms with Gasteiger partial charge in [-0.2, -0.15) is 5.10 Å². The minimum absolute atomic E-state index is 0.00307. The van der Waals surface area contributed by atoms with Gasteiger partial charge in [0.25, 0.3) is 5.91 Å². The van der Waals surface area contributed by atoms with Crippen LogP contribution in [-0.2, 0) is 24.7 Å². The molecule has 2 aromatic rings. The Morgan fingerprint density at radius 3 is 2.57 bits per heavy atom. The Labute approximate surface area is 205 Å². The second-order valence-corrected chi connectivity index (χ2v) is 10.2. The number of aryl methyl sites for hydroxylation is 1. The molecule has 3 aliphatic rings. The van der Waals surface area contributed by atoms with Crippen LogP contribution in [0.2, 0.25) is 0 Å². The van der Waals surface area contributed by atoms with Crippen molar-refractivity contribution >= 4 is 23.5 Å². The first-order valence-electron chi connectivity index (χ1n) is 12.7. The van der Waals surface area contributed by atoms with Crippen molar-refractivity contribution in [1.82, 2.24) is 25.3 Å². The van der Waals surface area contributed by atoms with E-state index < -0.39 is 6.04 Å². The Morgan fingerprint density at radius 2 is 1.89 bits per heavy atom. The summed E-state index contributed by atoms with van der Waals surface area (Å²) >= 11 is 0. The van der Waals surface area contributed by atoms with E-state index in [1.165, 1.54) is 16.7 Å². The van der Waals surface area contributed by atoms with Gasteiger partial charge in [-0.05, 0) is 67.9 Å².